The van der Waals surface area contributed by atoms with E-state index in [1.165, 1.54) is 0 Å². The van der Waals surface area contributed by atoms with Crippen molar-refractivity contribution >= 4 is 11.6 Å². The Kier molecular flexibility index (Phi) is 4.62. The minimum absolute atomic E-state index is 0.160. The van der Waals surface area contributed by atoms with Gasteiger partial charge in [0.15, 0.2) is 12.4 Å². The van der Waals surface area contributed by atoms with Gasteiger partial charge in [0, 0.05) is 5.92 Å². The lowest BCUT2D eigenvalue weighted by Crippen LogP contribution is -1.98. The summed E-state index contributed by atoms with van der Waals surface area (Å²) in [5.74, 6) is 1.78. The Morgan fingerprint density at radius 1 is 1.35 bits per heavy atom. The SMILES string of the molecule is CC(C)c1noc(COc2ccc([C@@H](C)O)cc2Cl)n1. The van der Waals surface area contributed by atoms with E-state index in [9.17, 15) is 5.11 Å². The maximum atomic E-state index is 9.47. The monoisotopic (exact) mass is 296 g/mol. The highest BCUT2D eigenvalue weighted by Crippen LogP contribution is 2.28. The van der Waals surface area contributed by atoms with E-state index in [4.69, 9.17) is 20.9 Å². The number of rotatable bonds is 5. The maximum absolute atomic E-state index is 9.47. The molecule has 0 aliphatic rings. The first-order valence-electron chi connectivity index (χ1n) is 6.40. The highest BCUT2D eigenvalue weighted by atomic mass is 35.5. The standard InChI is InChI=1S/C14H17ClN2O3/c1-8(2)14-16-13(20-17-14)7-19-12-5-4-10(9(3)18)6-11(12)15/h4-6,8-9,18H,7H2,1-3H3/t9-/m1/s1. The summed E-state index contributed by atoms with van der Waals surface area (Å²) in [4.78, 5) is 4.21. The predicted molar refractivity (Wildman–Crippen MR) is 74.8 cm³/mol. The van der Waals surface area contributed by atoms with Crippen LogP contribution in [0.25, 0.3) is 0 Å². The Hall–Kier alpha value is -1.59. The average Bonchev–Trinajstić information content (AvgIpc) is 2.86. The molecule has 5 nitrogen and oxygen atoms in total. The summed E-state index contributed by atoms with van der Waals surface area (Å²) in [6.07, 6.45) is -0.564. The van der Waals surface area contributed by atoms with Crippen LogP contribution in [0.15, 0.2) is 22.7 Å². The first-order valence-corrected chi connectivity index (χ1v) is 6.78. The molecule has 2 rings (SSSR count). The number of aliphatic hydroxyl groups is 1. The molecule has 1 atom stereocenters. The zero-order chi connectivity index (χ0) is 14.7. The van der Waals surface area contributed by atoms with Crippen LogP contribution in [0.4, 0.5) is 0 Å². The summed E-state index contributed by atoms with van der Waals surface area (Å²) in [5, 5.41) is 13.8. The number of nitrogens with zero attached hydrogens (tertiary/aromatic N) is 2. The summed E-state index contributed by atoms with van der Waals surface area (Å²) < 4.78 is 10.6. The smallest absolute Gasteiger partial charge is 0.264 e. The second kappa shape index (κ2) is 6.24. The third-order valence-electron chi connectivity index (χ3n) is 2.79. The Balaban J connectivity index is 2.03. The molecule has 20 heavy (non-hydrogen) atoms. The Labute approximate surface area is 122 Å². The van der Waals surface area contributed by atoms with E-state index in [1.807, 2.05) is 13.8 Å². The molecule has 0 aliphatic carbocycles. The molecule has 6 heteroatoms. The Morgan fingerprint density at radius 2 is 2.10 bits per heavy atom. The van der Waals surface area contributed by atoms with Crippen molar-refractivity contribution in [2.45, 2.75) is 39.4 Å². The van der Waals surface area contributed by atoms with Gasteiger partial charge < -0.3 is 14.4 Å². The van der Waals surface area contributed by atoms with Crippen LogP contribution in [0, 0.1) is 0 Å². The molecule has 0 unspecified atom stereocenters. The summed E-state index contributed by atoms with van der Waals surface area (Å²) in [6, 6.07) is 5.15. The predicted octanol–water partition coefficient (Wildman–Crippen LogP) is 3.48. The molecule has 2 aromatic rings. The van der Waals surface area contributed by atoms with Gasteiger partial charge in [-0.2, -0.15) is 4.98 Å². The molecule has 1 heterocycles. The second-order valence-corrected chi connectivity index (χ2v) is 5.26. The summed E-state index contributed by atoms with van der Waals surface area (Å²) >= 11 is 6.09. The second-order valence-electron chi connectivity index (χ2n) is 4.86. The first kappa shape index (κ1) is 14.8. The van der Waals surface area contributed by atoms with Gasteiger partial charge in [0.25, 0.3) is 5.89 Å². The summed E-state index contributed by atoms with van der Waals surface area (Å²) in [6.45, 7) is 5.81. The number of aromatic nitrogens is 2. The molecule has 1 aromatic heterocycles. The van der Waals surface area contributed by atoms with E-state index in [2.05, 4.69) is 10.1 Å². The van der Waals surface area contributed by atoms with E-state index in [-0.39, 0.29) is 12.5 Å². The minimum Gasteiger partial charge on any atom is -0.482 e. The number of aliphatic hydroxyl groups excluding tert-OH is 1. The third-order valence-corrected chi connectivity index (χ3v) is 3.09. The fourth-order valence-corrected chi connectivity index (χ4v) is 1.84. The van der Waals surface area contributed by atoms with Crippen molar-refractivity contribution in [1.29, 1.82) is 0 Å². The number of ether oxygens (including phenoxy) is 1. The van der Waals surface area contributed by atoms with Crippen LogP contribution in [0.2, 0.25) is 5.02 Å². The van der Waals surface area contributed by atoms with Gasteiger partial charge in [-0.15, -0.1) is 0 Å². The Bertz CT molecular complexity index is 582. The van der Waals surface area contributed by atoms with Crippen molar-refractivity contribution in [2.24, 2.45) is 0 Å². The highest BCUT2D eigenvalue weighted by Gasteiger charge is 2.11. The molecule has 108 valence electrons. The van der Waals surface area contributed by atoms with Crippen molar-refractivity contribution in [3.05, 3.63) is 40.5 Å². The van der Waals surface area contributed by atoms with Crippen LogP contribution in [-0.2, 0) is 6.61 Å². The largest absolute Gasteiger partial charge is 0.482 e. The van der Waals surface area contributed by atoms with Gasteiger partial charge in [-0.1, -0.05) is 36.7 Å². The molecule has 0 spiro atoms. The number of benzene rings is 1. The van der Waals surface area contributed by atoms with E-state index < -0.39 is 6.10 Å². The molecule has 0 amide bonds. The van der Waals surface area contributed by atoms with Crippen molar-refractivity contribution in [3.63, 3.8) is 0 Å². The van der Waals surface area contributed by atoms with Gasteiger partial charge in [0.2, 0.25) is 0 Å². The lowest BCUT2D eigenvalue weighted by Gasteiger charge is -2.09. The minimum atomic E-state index is -0.564. The molecule has 0 radical (unpaired) electrons. The summed E-state index contributed by atoms with van der Waals surface area (Å²) in [7, 11) is 0. The van der Waals surface area contributed by atoms with E-state index in [1.54, 1.807) is 25.1 Å². The molecule has 1 aromatic carbocycles. The maximum Gasteiger partial charge on any atom is 0.264 e. The van der Waals surface area contributed by atoms with Crippen LogP contribution in [0.1, 0.15) is 50.1 Å². The van der Waals surface area contributed by atoms with E-state index in [0.717, 1.165) is 5.56 Å². The van der Waals surface area contributed by atoms with Crippen LogP contribution >= 0.6 is 11.6 Å². The fourth-order valence-electron chi connectivity index (χ4n) is 1.59. The zero-order valence-corrected chi connectivity index (χ0v) is 12.4. The lowest BCUT2D eigenvalue weighted by atomic mass is 10.1. The zero-order valence-electron chi connectivity index (χ0n) is 11.6. The molecule has 0 bridgehead atoms. The van der Waals surface area contributed by atoms with Crippen molar-refractivity contribution in [3.8, 4) is 5.75 Å². The molecule has 0 aliphatic heterocycles. The molecular formula is C14H17ClN2O3. The van der Waals surface area contributed by atoms with Gasteiger partial charge in [0.1, 0.15) is 5.75 Å². The fraction of sp³-hybridized carbons (Fsp3) is 0.429. The van der Waals surface area contributed by atoms with Gasteiger partial charge >= 0.3 is 0 Å². The lowest BCUT2D eigenvalue weighted by molar-refractivity contribution is 0.199. The van der Waals surface area contributed by atoms with Crippen molar-refractivity contribution in [2.75, 3.05) is 0 Å². The molecule has 1 N–H and O–H groups in total. The van der Waals surface area contributed by atoms with Crippen LogP contribution < -0.4 is 4.74 Å². The van der Waals surface area contributed by atoms with Crippen LogP contribution in [-0.4, -0.2) is 15.2 Å². The van der Waals surface area contributed by atoms with Gasteiger partial charge in [-0.05, 0) is 24.6 Å². The summed E-state index contributed by atoms with van der Waals surface area (Å²) in [5.41, 5.74) is 0.738. The van der Waals surface area contributed by atoms with Crippen molar-refractivity contribution in [1.82, 2.24) is 10.1 Å². The molecule has 0 saturated heterocycles. The van der Waals surface area contributed by atoms with E-state index in [0.29, 0.717) is 22.5 Å². The number of hydrogen-bond acceptors (Lipinski definition) is 5. The average molecular weight is 297 g/mol. The number of halogens is 1. The molecular weight excluding hydrogens is 280 g/mol. The van der Waals surface area contributed by atoms with Crippen molar-refractivity contribution < 1.29 is 14.4 Å². The molecule has 0 fully saturated rings. The normalized spacial score (nSPS) is 12.7. The highest BCUT2D eigenvalue weighted by molar-refractivity contribution is 6.32. The third kappa shape index (κ3) is 3.49. The topological polar surface area (TPSA) is 68.4 Å². The van der Waals surface area contributed by atoms with Gasteiger partial charge in [-0.25, -0.2) is 0 Å². The van der Waals surface area contributed by atoms with Crippen LogP contribution in [0.5, 0.6) is 5.75 Å². The number of hydrogen-bond donors (Lipinski definition) is 1. The molecule has 0 saturated carbocycles. The Morgan fingerprint density at radius 3 is 2.65 bits per heavy atom. The van der Waals surface area contributed by atoms with E-state index >= 15 is 0 Å². The van der Waals surface area contributed by atoms with Gasteiger partial charge in [0.05, 0.1) is 11.1 Å². The first-order chi connectivity index (χ1) is 9.47. The quantitative estimate of drug-likeness (QED) is 0.915. The van der Waals surface area contributed by atoms with Gasteiger partial charge in [-0.3, -0.25) is 0 Å². The van der Waals surface area contributed by atoms with Crippen LogP contribution in [0.3, 0.4) is 0 Å².